The first kappa shape index (κ1) is 15.5. The third kappa shape index (κ3) is 4.29. The van der Waals surface area contributed by atoms with Crippen LogP contribution < -0.4 is 15.9 Å². The van der Waals surface area contributed by atoms with Crippen LogP contribution in [0.15, 0.2) is 29.4 Å². The molecule has 0 aliphatic heterocycles. The van der Waals surface area contributed by atoms with Crippen molar-refractivity contribution < 1.29 is 4.74 Å². The maximum absolute atomic E-state index is 6.01. The van der Waals surface area contributed by atoms with Crippen LogP contribution >= 0.6 is 11.8 Å². The third-order valence-corrected chi connectivity index (χ3v) is 4.19. The van der Waals surface area contributed by atoms with Gasteiger partial charge in [-0.25, -0.2) is 4.68 Å². The molecule has 0 unspecified atom stereocenters. The summed E-state index contributed by atoms with van der Waals surface area (Å²) in [7, 11) is 1.65. The monoisotopic (exact) mass is 307 g/mol. The quantitative estimate of drug-likeness (QED) is 0.604. The minimum absolute atomic E-state index is 0.526. The predicted molar refractivity (Wildman–Crippen MR) is 86.1 cm³/mol. The van der Waals surface area contributed by atoms with Crippen LogP contribution in [0.4, 0.5) is 5.69 Å². The Labute approximate surface area is 129 Å². The Hall–Kier alpha value is -1.89. The predicted octanol–water partition coefficient (Wildman–Crippen LogP) is 2.36. The number of aromatic nitrogens is 3. The number of nitrogens with one attached hydrogen (secondary N) is 1. The molecule has 2 aromatic rings. The molecule has 1 aromatic carbocycles. The molecule has 3 N–H and O–H groups in total. The van der Waals surface area contributed by atoms with E-state index in [-0.39, 0.29) is 0 Å². The lowest BCUT2D eigenvalue weighted by atomic mass is 10.3. The van der Waals surface area contributed by atoms with Gasteiger partial charge in [0.25, 0.3) is 0 Å². The number of nitrogens with two attached hydrogens (primary N) is 1. The SMILES string of the molecule is COc1ccc(NCc2nnc(SCC(C)C)n2N)cc1. The summed E-state index contributed by atoms with van der Waals surface area (Å²) < 4.78 is 6.67. The normalized spacial score (nSPS) is 10.9. The van der Waals surface area contributed by atoms with Crippen LogP contribution in [0.2, 0.25) is 0 Å². The van der Waals surface area contributed by atoms with Gasteiger partial charge in [0.15, 0.2) is 5.82 Å². The molecular weight excluding hydrogens is 286 g/mol. The van der Waals surface area contributed by atoms with Crippen molar-refractivity contribution in [3.8, 4) is 5.75 Å². The highest BCUT2D eigenvalue weighted by atomic mass is 32.2. The number of rotatable bonds is 7. The number of benzene rings is 1. The number of nitrogens with zero attached hydrogens (tertiary/aromatic N) is 3. The van der Waals surface area contributed by atoms with Gasteiger partial charge in [0.05, 0.1) is 13.7 Å². The summed E-state index contributed by atoms with van der Waals surface area (Å²) in [6.07, 6.45) is 0. The van der Waals surface area contributed by atoms with Gasteiger partial charge in [-0.3, -0.25) is 0 Å². The maximum Gasteiger partial charge on any atom is 0.209 e. The molecule has 0 radical (unpaired) electrons. The number of thioether (sulfide) groups is 1. The van der Waals surface area contributed by atoms with Gasteiger partial charge in [-0.15, -0.1) is 10.2 Å². The molecule has 1 heterocycles. The third-order valence-electron chi connectivity index (χ3n) is 2.82. The number of anilines is 1. The Morgan fingerprint density at radius 3 is 2.62 bits per heavy atom. The first-order chi connectivity index (χ1) is 10.1. The number of nitrogen functional groups attached to an aromatic ring is 1. The van der Waals surface area contributed by atoms with Gasteiger partial charge in [-0.05, 0) is 30.2 Å². The maximum atomic E-state index is 6.01. The minimum Gasteiger partial charge on any atom is -0.497 e. The standard InChI is InChI=1S/C14H21N5OS/c1-10(2)9-21-14-18-17-13(19(14)15)8-16-11-4-6-12(20-3)7-5-11/h4-7,10,16H,8-9,15H2,1-3H3. The number of hydrogen-bond donors (Lipinski definition) is 2. The van der Waals surface area contributed by atoms with Crippen LogP contribution in [0.25, 0.3) is 0 Å². The molecule has 0 fully saturated rings. The average Bonchev–Trinajstić information content (AvgIpc) is 2.84. The van der Waals surface area contributed by atoms with E-state index in [0.717, 1.165) is 22.3 Å². The molecule has 2 rings (SSSR count). The van der Waals surface area contributed by atoms with E-state index in [0.29, 0.717) is 18.3 Å². The van der Waals surface area contributed by atoms with Gasteiger partial charge in [-0.1, -0.05) is 25.6 Å². The molecule has 1 aromatic heterocycles. The van der Waals surface area contributed by atoms with E-state index >= 15 is 0 Å². The zero-order chi connectivity index (χ0) is 15.2. The van der Waals surface area contributed by atoms with Crippen LogP contribution in [0.3, 0.4) is 0 Å². The average molecular weight is 307 g/mol. The first-order valence-electron chi connectivity index (χ1n) is 6.80. The van der Waals surface area contributed by atoms with Crippen molar-refractivity contribution >= 4 is 17.4 Å². The Bertz CT molecular complexity index is 567. The summed E-state index contributed by atoms with van der Waals surface area (Å²) >= 11 is 1.62. The van der Waals surface area contributed by atoms with E-state index in [2.05, 4.69) is 29.4 Å². The van der Waals surface area contributed by atoms with Crippen LogP contribution in [0.1, 0.15) is 19.7 Å². The second kappa shape index (κ2) is 7.21. The van der Waals surface area contributed by atoms with Crippen molar-refractivity contribution in [2.75, 3.05) is 24.0 Å². The smallest absolute Gasteiger partial charge is 0.209 e. The molecule has 0 aliphatic rings. The molecule has 0 spiro atoms. The van der Waals surface area contributed by atoms with Crippen molar-refractivity contribution in [1.82, 2.24) is 14.9 Å². The summed E-state index contributed by atoms with van der Waals surface area (Å²) in [5, 5.41) is 12.2. The van der Waals surface area contributed by atoms with E-state index in [1.165, 1.54) is 0 Å². The molecule has 0 amide bonds. The highest BCUT2D eigenvalue weighted by molar-refractivity contribution is 7.99. The molecule has 0 saturated heterocycles. The fourth-order valence-electron chi connectivity index (χ4n) is 1.66. The lowest BCUT2D eigenvalue weighted by Gasteiger charge is -2.08. The molecule has 114 valence electrons. The topological polar surface area (TPSA) is 78.0 Å². The van der Waals surface area contributed by atoms with E-state index in [1.54, 1.807) is 23.5 Å². The molecule has 0 aliphatic carbocycles. The number of ether oxygens (including phenoxy) is 1. The minimum atomic E-state index is 0.526. The van der Waals surface area contributed by atoms with E-state index in [1.807, 2.05) is 24.3 Å². The fraction of sp³-hybridized carbons (Fsp3) is 0.429. The van der Waals surface area contributed by atoms with Crippen molar-refractivity contribution in [2.24, 2.45) is 5.92 Å². The van der Waals surface area contributed by atoms with E-state index < -0.39 is 0 Å². The van der Waals surface area contributed by atoms with Gasteiger partial charge in [-0.2, -0.15) is 0 Å². The number of methoxy groups -OCH3 is 1. The first-order valence-corrected chi connectivity index (χ1v) is 7.78. The molecule has 0 atom stereocenters. The molecule has 0 saturated carbocycles. The molecule has 21 heavy (non-hydrogen) atoms. The highest BCUT2D eigenvalue weighted by Gasteiger charge is 2.10. The second-order valence-electron chi connectivity index (χ2n) is 5.06. The molecular formula is C14H21N5OS. The molecule has 0 bridgehead atoms. The summed E-state index contributed by atoms with van der Waals surface area (Å²) in [6, 6.07) is 7.70. The largest absolute Gasteiger partial charge is 0.497 e. The highest BCUT2D eigenvalue weighted by Crippen LogP contribution is 2.19. The van der Waals surface area contributed by atoms with E-state index in [9.17, 15) is 0 Å². The van der Waals surface area contributed by atoms with E-state index in [4.69, 9.17) is 10.6 Å². The van der Waals surface area contributed by atoms with Crippen LogP contribution in [0.5, 0.6) is 5.75 Å². The van der Waals surface area contributed by atoms with Crippen LogP contribution in [0, 0.1) is 5.92 Å². The molecule has 6 nitrogen and oxygen atoms in total. The zero-order valence-electron chi connectivity index (χ0n) is 12.5. The van der Waals surface area contributed by atoms with Crippen LogP contribution in [-0.2, 0) is 6.54 Å². The van der Waals surface area contributed by atoms with Crippen LogP contribution in [-0.4, -0.2) is 27.7 Å². The van der Waals surface area contributed by atoms with Crippen molar-refractivity contribution in [3.05, 3.63) is 30.1 Å². The number of hydrogen-bond acceptors (Lipinski definition) is 6. The van der Waals surface area contributed by atoms with Crippen molar-refractivity contribution in [3.63, 3.8) is 0 Å². The Balaban J connectivity index is 1.93. The van der Waals surface area contributed by atoms with Gasteiger partial charge >= 0.3 is 0 Å². The van der Waals surface area contributed by atoms with Crippen molar-refractivity contribution in [2.45, 2.75) is 25.5 Å². The van der Waals surface area contributed by atoms with Crippen molar-refractivity contribution in [1.29, 1.82) is 0 Å². The lowest BCUT2D eigenvalue weighted by molar-refractivity contribution is 0.415. The Morgan fingerprint density at radius 1 is 1.29 bits per heavy atom. The summed E-state index contributed by atoms with van der Waals surface area (Å²) in [5.41, 5.74) is 0.982. The second-order valence-corrected chi connectivity index (χ2v) is 6.04. The summed E-state index contributed by atoms with van der Waals surface area (Å²) in [5.74, 6) is 9.11. The summed E-state index contributed by atoms with van der Waals surface area (Å²) in [4.78, 5) is 0. The van der Waals surface area contributed by atoms with Gasteiger partial charge in [0.1, 0.15) is 5.75 Å². The van der Waals surface area contributed by atoms with Gasteiger partial charge < -0.3 is 15.9 Å². The Kier molecular flexibility index (Phi) is 5.32. The van der Waals surface area contributed by atoms with Gasteiger partial charge in [0.2, 0.25) is 5.16 Å². The zero-order valence-corrected chi connectivity index (χ0v) is 13.4. The summed E-state index contributed by atoms with van der Waals surface area (Å²) in [6.45, 7) is 4.85. The lowest BCUT2D eigenvalue weighted by Crippen LogP contribution is -2.16. The molecule has 7 heteroatoms. The fourth-order valence-corrected chi connectivity index (χ4v) is 2.48. The van der Waals surface area contributed by atoms with Gasteiger partial charge in [0, 0.05) is 11.4 Å². The Morgan fingerprint density at radius 2 is 2.00 bits per heavy atom.